The Kier molecular flexibility index (Phi) is 33.7. The number of nitrogens with two attached hydrogens (primary N) is 1. The van der Waals surface area contributed by atoms with Crippen molar-refractivity contribution in [1.29, 1.82) is 0 Å². The molecule has 4 N–H and O–H groups in total. The highest BCUT2D eigenvalue weighted by Crippen LogP contribution is 1.90. The van der Waals surface area contributed by atoms with Crippen LogP contribution in [-0.4, -0.2) is 65.3 Å². The second kappa shape index (κ2) is 28.4. The summed E-state index contributed by atoms with van der Waals surface area (Å²) in [4.78, 5) is 9.89. The fourth-order valence-electron chi connectivity index (χ4n) is 1.02. The summed E-state index contributed by atoms with van der Waals surface area (Å²) in [5.41, 5.74) is 2.46. The second-order valence-corrected chi connectivity index (χ2v) is 3.38. The van der Waals surface area contributed by atoms with Crippen molar-refractivity contribution < 1.29 is 23.4 Å². The van der Waals surface area contributed by atoms with Gasteiger partial charge in [0.25, 0.3) is 0 Å². The lowest BCUT2D eigenvalue weighted by atomic mass is 10.4. The van der Waals surface area contributed by atoms with Crippen LogP contribution >= 0.6 is 0 Å². The second-order valence-electron chi connectivity index (χ2n) is 3.38. The Morgan fingerprint density at radius 1 is 1.00 bits per heavy atom. The number of alkyl halides is 1. The highest BCUT2D eigenvalue weighted by atomic mass is 19.1. The van der Waals surface area contributed by atoms with Gasteiger partial charge in [-0.3, -0.25) is 16.1 Å². The van der Waals surface area contributed by atoms with Crippen molar-refractivity contribution in [2.24, 2.45) is 5.84 Å². The van der Waals surface area contributed by atoms with Crippen LogP contribution in [0.4, 0.5) is 4.39 Å². The van der Waals surface area contributed by atoms with Gasteiger partial charge in [-0.1, -0.05) is 27.7 Å². The van der Waals surface area contributed by atoms with E-state index in [-0.39, 0.29) is 13.2 Å². The molecule has 1 unspecified atom stereocenters. The zero-order valence-electron chi connectivity index (χ0n) is 14.4. The standard InChI is InChI=1S/C10H22FN3O4.2C2H6/c11-10(7-13-9-15)8-18-6-5-17-4-3-16-2-1-14-12;2*1-2/h9-10,14H,1-8,12H2,(H,13,15);2*1-2H3. The van der Waals surface area contributed by atoms with Gasteiger partial charge in [0.15, 0.2) is 0 Å². The minimum Gasteiger partial charge on any atom is -0.378 e. The smallest absolute Gasteiger partial charge is 0.207 e. The number of nitrogens with one attached hydrogen (secondary N) is 2. The number of rotatable bonds is 14. The van der Waals surface area contributed by atoms with Crippen molar-refractivity contribution in [2.45, 2.75) is 33.9 Å². The summed E-state index contributed by atoms with van der Waals surface area (Å²) in [5, 5.41) is 2.24. The van der Waals surface area contributed by atoms with Crippen molar-refractivity contribution >= 4 is 6.41 Å². The van der Waals surface area contributed by atoms with Gasteiger partial charge in [0.2, 0.25) is 6.41 Å². The van der Waals surface area contributed by atoms with Crippen LogP contribution < -0.4 is 16.6 Å². The Bertz CT molecular complexity index is 191. The number of carbonyl (C=O) groups is 1. The third kappa shape index (κ3) is 27.5. The first-order valence-corrected chi connectivity index (χ1v) is 7.79. The fraction of sp³-hybridized carbons (Fsp3) is 0.929. The predicted octanol–water partition coefficient (Wildman–Crippen LogP) is 0.636. The first-order valence-electron chi connectivity index (χ1n) is 7.79. The molecule has 0 aliphatic rings. The van der Waals surface area contributed by atoms with E-state index in [2.05, 4.69) is 10.7 Å². The summed E-state index contributed by atoms with van der Waals surface area (Å²) in [5.74, 6) is 5.05. The van der Waals surface area contributed by atoms with Crippen LogP contribution in [0.1, 0.15) is 27.7 Å². The third-order valence-electron chi connectivity index (χ3n) is 1.86. The summed E-state index contributed by atoms with van der Waals surface area (Å²) < 4.78 is 28.3. The molecule has 0 aliphatic carbocycles. The molecule has 0 bridgehead atoms. The van der Waals surface area contributed by atoms with E-state index in [1.54, 1.807) is 0 Å². The Morgan fingerprint density at radius 3 is 2.00 bits per heavy atom. The third-order valence-corrected chi connectivity index (χ3v) is 1.86. The monoisotopic (exact) mass is 327 g/mol. The average molecular weight is 327 g/mol. The number of amides is 1. The molecule has 0 aromatic heterocycles. The molecular formula is C14H34FN3O4. The zero-order chi connectivity index (χ0) is 17.5. The van der Waals surface area contributed by atoms with Gasteiger partial charge >= 0.3 is 0 Å². The molecule has 8 heteroatoms. The van der Waals surface area contributed by atoms with Crippen molar-refractivity contribution in [1.82, 2.24) is 10.7 Å². The first kappa shape index (κ1) is 26.1. The summed E-state index contributed by atoms with van der Waals surface area (Å²) in [6.07, 6.45) is -0.738. The molecule has 0 aromatic rings. The molecule has 1 amide bonds. The van der Waals surface area contributed by atoms with E-state index >= 15 is 0 Å². The minimum absolute atomic E-state index is 0.0343. The Balaban J connectivity index is -0.000000826. The lowest BCUT2D eigenvalue weighted by Gasteiger charge is -2.09. The minimum atomic E-state index is -1.19. The lowest BCUT2D eigenvalue weighted by molar-refractivity contribution is -0.109. The summed E-state index contributed by atoms with van der Waals surface area (Å²) >= 11 is 0. The SMILES string of the molecule is CC.CC.NNCCOCCOCCOCC(F)CNC=O. The predicted molar refractivity (Wildman–Crippen MR) is 86.3 cm³/mol. The van der Waals surface area contributed by atoms with Crippen LogP contribution in [0.2, 0.25) is 0 Å². The highest BCUT2D eigenvalue weighted by Gasteiger charge is 2.04. The molecule has 7 nitrogen and oxygen atoms in total. The maximum Gasteiger partial charge on any atom is 0.207 e. The molecule has 22 heavy (non-hydrogen) atoms. The van der Waals surface area contributed by atoms with Crippen LogP contribution in [0.25, 0.3) is 0 Å². The maximum atomic E-state index is 12.9. The molecule has 0 fully saturated rings. The van der Waals surface area contributed by atoms with Crippen LogP contribution in [0.3, 0.4) is 0 Å². The molecule has 0 rings (SSSR count). The Morgan fingerprint density at radius 2 is 1.50 bits per heavy atom. The molecule has 0 spiro atoms. The van der Waals surface area contributed by atoms with Crippen LogP contribution in [0.5, 0.6) is 0 Å². The summed E-state index contributed by atoms with van der Waals surface area (Å²) in [6, 6.07) is 0. The number of hydrogen-bond acceptors (Lipinski definition) is 6. The van der Waals surface area contributed by atoms with Crippen molar-refractivity contribution in [3.8, 4) is 0 Å². The molecule has 0 radical (unpaired) electrons. The normalized spacial score (nSPS) is 10.6. The van der Waals surface area contributed by atoms with Gasteiger partial charge in [-0.05, 0) is 0 Å². The molecule has 0 heterocycles. The van der Waals surface area contributed by atoms with Gasteiger partial charge in [0, 0.05) is 6.54 Å². The fourth-order valence-corrected chi connectivity index (χ4v) is 1.02. The Hall–Kier alpha value is -0.800. The summed E-state index contributed by atoms with van der Waals surface area (Å²) in [7, 11) is 0. The average Bonchev–Trinajstić information content (AvgIpc) is 2.58. The van der Waals surface area contributed by atoms with Crippen molar-refractivity contribution in [2.75, 3.05) is 52.7 Å². The van der Waals surface area contributed by atoms with Gasteiger partial charge in [0.1, 0.15) is 6.17 Å². The van der Waals surface area contributed by atoms with Crippen molar-refractivity contribution in [3.05, 3.63) is 0 Å². The molecule has 0 saturated heterocycles. The summed E-state index contributed by atoms with van der Waals surface area (Å²) in [6.45, 7) is 10.7. The Labute approximate surface area is 134 Å². The van der Waals surface area contributed by atoms with E-state index in [1.807, 2.05) is 27.7 Å². The van der Waals surface area contributed by atoms with Gasteiger partial charge in [-0.25, -0.2) is 4.39 Å². The lowest BCUT2D eigenvalue weighted by Crippen LogP contribution is -2.27. The number of ether oxygens (including phenoxy) is 3. The molecule has 136 valence electrons. The quantitative estimate of drug-likeness (QED) is 0.188. The van der Waals surface area contributed by atoms with E-state index in [4.69, 9.17) is 20.1 Å². The largest absolute Gasteiger partial charge is 0.378 e. The molecule has 0 aliphatic heterocycles. The molecular weight excluding hydrogens is 293 g/mol. The van der Waals surface area contributed by atoms with Crippen LogP contribution in [0, 0.1) is 0 Å². The van der Waals surface area contributed by atoms with Gasteiger partial charge in [-0.15, -0.1) is 0 Å². The van der Waals surface area contributed by atoms with Crippen LogP contribution in [0.15, 0.2) is 0 Å². The van der Waals surface area contributed by atoms with E-state index in [9.17, 15) is 9.18 Å². The maximum absolute atomic E-state index is 12.9. The van der Waals surface area contributed by atoms with E-state index in [0.29, 0.717) is 46.0 Å². The highest BCUT2D eigenvalue weighted by molar-refractivity contribution is 5.45. The van der Waals surface area contributed by atoms with E-state index in [0.717, 1.165) is 0 Å². The molecule has 0 saturated carbocycles. The number of hydrazine groups is 1. The zero-order valence-corrected chi connectivity index (χ0v) is 14.4. The number of hydrogen-bond donors (Lipinski definition) is 3. The van der Waals surface area contributed by atoms with E-state index < -0.39 is 6.17 Å². The molecule has 1 atom stereocenters. The van der Waals surface area contributed by atoms with Crippen molar-refractivity contribution in [3.63, 3.8) is 0 Å². The van der Waals surface area contributed by atoms with Gasteiger partial charge in [-0.2, -0.15) is 0 Å². The topological polar surface area (TPSA) is 94.8 Å². The number of halogens is 1. The van der Waals surface area contributed by atoms with Gasteiger partial charge < -0.3 is 19.5 Å². The van der Waals surface area contributed by atoms with Crippen LogP contribution in [-0.2, 0) is 19.0 Å². The molecule has 0 aromatic carbocycles. The van der Waals surface area contributed by atoms with Gasteiger partial charge in [0.05, 0.1) is 46.2 Å². The first-order chi connectivity index (χ1) is 10.8. The van der Waals surface area contributed by atoms with E-state index in [1.165, 1.54) is 0 Å². The number of carbonyl (C=O) groups excluding carboxylic acids is 1.